The maximum atomic E-state index is 13.2. The summed E-state index contributed by atoms with van der Waals surface area (Å²) in [5.41, 5.74) is 0.969. The molecule has 2 rings (SSSR count). The van der Waals surface area contributed by atoms with Crippen LogP contribution in [-0.2, 0) is 4.79 Å². The number of benzene rings is 1. The number of hydrogen-bond donors (Lipinski definition) is 0. The molecule has 98 valence electrons. The minimum absolute atomic E-state index is 0.178. The molecule has 18 heavy (non-hydrogen) atoms. The second-order valence-electron chi connectivity index (χ2n) is 4.83. The second-order valence-corrected chi connectivity index (χ2v) is 5.68. The van der Waals surface area contributed by atoms with Crippen LogP contribution in [0.1, 0.15) is 37.7 Å². The third-order valence-corrected chi connectivity index (χ3v) is 4.19. The van der Waals surface area contributed by atoms with Gasteiger partial charge in [-0.2, -0.15) is 0 Å². The van der Waals surface area contributed by atoms with Crippen molar-refractivity contribution in [1.29, 1.82) is 0 Å². The van der Waals surface area contributed by atoms with E-state index in [4.69, 9.17) is 0 Å². The standard InChI is InChI=1S/C14H17BrFNO/c1-3-4-14(18)17(2)13-8-11(13)10-7-9(16)5-6-12(10)15/h5-7,11,13H,3-4,8H2,1-2H3. The topological polar surface area (TPSA) is 20.3 Å². The molecule has 1 amide bonds. The normalized spacial score (nSPS) is 21.8. The van der Waals surface area contributed by atoms with Gasteiger partial charge < -0.3 is 4.90 Å². The number of halogens is 2. The van der Waals surface area contributed by atoms with Crippen LogP contribution in [0.2, 0.25) is 0 Å². The summed E-state index contributed by atoms with van der Waals surface area (Å²) < 4.78 is 14.2. The van der Waals surface area contributed by atoms with Crippen molar-refractivity contribution in [3.8, 4) is 0 Å². The molecule has 2 nitrogen and oxygen atoms in total. The summed E-state index contributed by atoms with van der Waals surface area (Å²) in [7, 11) is 1.84. The van der Waals surface area contributed by atoms with E-state index in [0.717, 1.165) is 22.9 Å². The Morgan fingerprint density at radius 3 is 2.94 bits per heavy atom. The minimum atomic E-state index is -0.221. The molecule has 0 heterocycles. The van der Waals surface area contributed by atoms with Crippen molar-refractivity contribution in [2.24, 2.45) is 0 Å². The van der Waals surface area contributed by atoms with Gasteiger partial charge in [0.2, 0.25) is 5.91 Å². The summed E-state index contributed by atoms with van der Waals surface area (Å²) in [5.74, 6) is 0.222. The Hall–Kier alpha value is -0.900. The lowest BCUT2D eigenvalue weighted by Gasteiger charge is -2.17. The van der Waals surface area contributed by atoms with Gasteiger partial charge in [-0.05, 0) is 36.6 Å². The van der Waals surface area contributed by atoms with E-state index >= 15 is 0 Å². The van der Waals surface area contributed by atoms with Crippen molar-refractivity contribution in [2.45, 2.75) is 38.1 Å². The average molecular weight is 314 g/mol. The van der Waals surface area contributed by atoms with Crippen molar-refractivity contribution < 1.29 is 9.18 Å². The molecule has 0 saturated heterocycles. The van der Waals surface area contributed by atoms with Crippen LogP contribution >= 0.6 is 15.9 Å². The van der Waals surface area contributed by atoms with Gasteiger partial charge in [0.15, 0.2) is 0 Å². The van der Waals surface area contributed by atoms with Crippen LogP contribution in [0.5, 0.6) is 0 Å². The molecular formula is C14H17BrFNO. The third kappa shape index (κ3) is 2.74. The number of likely N-dealkylation sites (N-methyl/N-ethyl adjacent to an activating group) is 1. The first kappa shape index (κ1) is 13.5. The van der Waals surface area contributed by atoms with Gasteiger partial charge in [-0.15, -0.1) is 0 Å². The fraction of sp³-hybridized carbons (Fsp3) is 0.500. The molecule has 0 radical (unpaired) electrons. The summed E-state index contributed by atoms with van der Waals surface area (Å²) in [6.45, 7) is 2.00. The fourth-order valence-electron chi connectivity index (χ4n) is 2.32. The Kier molecular flexibility index (Phi) is 4.05. The number of carbonyl (C=O) groups excluding carboxylic acids is 1. The maximum Gasteiger partial charge on any atom is 0.222 e. The van der Waals surface area contributed by atoms with E-state index < -0.39 is 0 Å². The van der Waals surface area contributed by atoms with Gasteiger partial charge in [-0.1, -0.05) is 22.9 Å². The van der Waals surface area contributed by atoms with E-state index in [0.29, 0.717) is 6.42 Å². The lowest BCUT2D eigenvalue weighted by atomic mass is 10.1. The molecular weight excluding hydrogens is 297 g/mol. The molecule has 2 atom stereocenters. The van der Waals surface area contributed by atoms with Crippen LogP contribution in [0.25, 0.3) is 0 Å². The molecule has 1 aromatic carbocycles. The Labute approximate surface area is 115 Å². The van der Waals surface area contributed by atoms with E-state index in [9.17, 15) is 9.18 Å². The van der Waals surface area contributed by atoms with Gasteiger partial charge in [0.05, 0.1) is 0 Å². The monoisotopic (exact) mass is 313 g/mol. The molecule has 0 spiro atoms. The number of carbonyl (C=O) groups is 1. The smallest absolute Gasteiger partial charge is 0.222 e. The lowest BCUT2D eigenvalue weighted by Crippen LogP contribution is -2.29. The first-order valence-electron chi connectivity index (χ1n) is 6.25. The summed E-state index contributed by atoms with van der Waals surface area (Å²) >= 11 is 3.45. The predicted octanol–water partition coefficient (Wildman–Crippen LogP) is 3.70. The molecule has 2 unspecified atom stereocenters. The Morgan fingerprint density at radius 2 is 2.28 bits per heavy atom. The zero-order valence-electron chi connectivity index (χ0n) is 10.6. The molecule has 0 aromatic heterocycles. The summed E-state index contributed by atoms with van der Waals surface area (Å²) in [6.07, 6.45) is 2.38. The SMILES string of the molecule is CCCC(=O)N(C)C1CC1c1cc(F)ccc1Br. The number of rotatable bonds is 4. The first-order valence-corrected chi connectivity index (χ1v) is 7.04. The summed E-state index contributed by atoms with van der Waals surface area (Å²) in [6, 6.07) is 4.96. The van der Waals surface area contributed by atoms with Gasteiger partial charge in [0.1, 0.15) is 5.82 Å². The Morgan fingerprint density at radius 1 is 1.56 bits per heavy atom. The van der Waals surface area contributed by atoms with Crippen molar-refractivity contribution >= 4 is 21.8 Å². The molecule has 0 aliphatic heterocycles. The number of hydrogen-bond acceptors (Lipinski definition) is 1. The number of nitrogens with zero attached hydrogens (tertiary/aromatic N) is 1. The zero-order chi connectivity index (χ0) is 13.3. The molecule has 1 aliphatic carbocycles. The van der Waals surface area contributed by atoms with E-state index in [2.05, 4.69) is 15.9 Å². The van der Waals surface area contributed by atoms with Crippen LogP contribution in [-0.4, -0.2) is 23.9 Å². The van der Waals surface area contributed by atoms with E-state index in [-0.39, 0.29) is 23.7 Å². The number of amides is 1. The van der Waals surface area contributed by atoms with Crippen LogP contribution < -0.4 is 0 Å². The molecule has 1 saturated carbocycles. The predicted molar refractivity (Wildman–Crippen MR) is 72.9 cm³/mol. The molecule has 4 heteroatoms. The Balaban J connectivity index is 2.06. The molecule has 0 bridgehead atoms. The second kappa shape index (κ2) is 5.39. The molecule has 0 N–H and O–H groups in total. The highest BCUT2D eigenvalue weighted by Crippen LogP contribution is 2.46. The third-order valence-electron chi connectivity index (χ3n) is 3.47. The van der Waals surface area contributed by atoms with Crippen LogP contribution in [0, 0.1) is 5.82 Å². The highest BCUT2D eigenvalue weighted by molar-refractivity contribution is 9.10. The quantitative estimate of drug-likeness (QED) is 0.830. The van der Waals surface area contributed by atoms with Crippen LogP contribution in [0.3, 0.4) is 0 Å². The summed E-state index contributed by atoms with van der Waals surface area (Å²) in [4.78, 5) is 13.6. The highest BCUT2D eigenvalue weighted by Gasteiger charge is 2.43. The maximum absolute atomic E-state index is 13.2. The van der Waals surface area contributed by atoms with Gasteiger partial charge in [-0.3, -0.25) is 4.79 Å². The highest BCUT2D eigenvalue weighted by atomic mass is 79.9. The first-order chi connectivity index (χ1) is 8.54. The van der Waals surface area contributed by atoms with Crippen LogP contribution in [0.15, 0.2) is 22.7 Å². The van der Waals surface area contributed by atoms with Gasteiger partial charge in [-0.25, -0.2) is 4.39 Å². The van der Waals surface area contributed by atoms with Crippen molar-refractivity contribution in [1.82, 2.24) is 4.90 Å². The lowest BCUT2D eigenvalue weighted by molar-refractivity contribution is -0.130. The average Bonchev–Trinajstić information content (AvgIpc) is 3.11. The minimum Gasteiger partial charge on any atom is -0.342 e. The van der Waals surface area contributed by atoms with Crippen molar-refractivity contribution in [3.05, 3.63) is 34.1 Å². The Bertz CT molecular complexity index is 463. The van der Waals surface area contributed by atoms with Crippen LogP contribution in [0.4, 0.5) is 4.39 Å². The largest absolute Gasteiger partial charge is 0.342 e. The van der Waals surface area contributed by atoms with E-state index in [1.165, 1.54) is 6.07 Å². The molecule has 1 aromatic rings. The van der Waals surface area contributed by atoms with Gasteiger partial charge >= 0.3 is 0 Å². The summed E-state index contributed by atoms with van der Waals surface area (Å²) in [5, 5.41) is 0. The molecule has 1 aliphatic rings. The van der Waals surface area contributed by atoms with Gasteiger partial charge in [0.25, 0.3) is 0 Å². The fourth-order valence-corrected chi connectivity index (χ4v) is 2.86. The van der Waals surface area contributed by atoms with Crippen molar-refractivity contribution in [2.75, 3.05) is 7.05 Å². The van der Waals surface area contributed by atoms with E-state index in [1.807, 2.05) is 18.9 Å². The van der Waals surface area contributed by atoms with E-state index in [1.54, 1.807) is 12.1 Å². The zero-order valence-corrected chi connectivity index (χ0v) is 12.2. The van der Waals surface area contributed by atoms with Crippen molar-refractivity contribution in [3.63, 3.8) is 0 Å². The molecule has 1 fully saturated rings. The van der Waals surface area contributed by atoms with Gasteiger partial charge in [0, 0.05) is 29.9 Å².